The van der Waals surface area contributed by atoms with E-state index in [0.717, 1.165) is 22.4 Å². The Morgan fingerprint density at radius 1 is 0.935 bits per heavy atom. The highest BCUT2D eigenvalue weighted by Gasteiger charge is 2.37. The number of benzene rings is 3. The first-order valence-electron chi connectivity index (χ1n) is 9.24. The summed E-state index contributed by atoms with van der Waals surface area (Å²) in [5.41, 5.74) is 0.345. The number of urea groups is 1. The lowest BCUT2D eigenvalue weighted by atomic mass is 9.99. The van der Waals surface area contributed by atoms with Crippen molar-refractivity contribution in [1.29, 1.82) is 0 Å². The van der Waals surface area contributed by atoms with E-state index in [-0.39, 0.29) is 11.3 Å². The number of hydrogen-bond acceptors (Lipinski definition) is 5. The molecule has 4 rings (SSSR count). The Bertz CT molecular complexity index is 1250. The van der Waals surface area contributed by atoms with Crippen LogP contribution in [-0.4, -0.2) is 32.1 Å². The molecule has 1 N–H and O–H groups in total. The van der Waals surface area contributed by atoms with Crippen molar-refractivity contribution in [2.24, 2.45) is 0 Å². The van der Waals surface area contributed by atoms with Crippen molar-refractivity contribution in [2.75, 3.05) is 19.1 Å². The van der Waals surface area contributed by atoms with Crippen LogP contribution in [0.15, 0.2) is 60.2 Å². The fourth-order valence-electron chi connectivity index (χ4n) is 3.38. The highest BCUT2D eigenvalue weighted by molar-refractivity contribution is 6.39. The van der Waals surface area contributed by atoms with Crippen LogP contribution < -0.4 is 19.7 Å². The molecule has 0 spiro atoms. The number of barbiturate groups is 1. The first-order chi connectivity index (χ1) is 14.9. The lowest BCUT2D eigenvalue weighted by molar-refractivity contribution is -0.122. The van der Waals surface area contributed by atoms with E-state index in [2.05, 4.69) is 5.32 Å². The van der Waals surface area contributed by atoms with Gasteiger partial charge in [-0.2, -0.15) is 0 Å². The number of anilines is 1. The third kappa shape index (κ3) is 3.59. The van der Waals surface area contributed by atoms with Crippen LogP contribution >= 0.6 is 0 Å². The maximum atomic E-state index is 13.3. The molecule has 1 heterocycles. The molecule has 0 saturated carbocycles. The van der Waals surface area contributed by atoms with E-state index in [1.54, 1.807) is 18.2 Å². The average Bonchev–Trinajstić information content (AvgIpc) is 2.77. The number of nitrogens with one attached hydrogen (secondary N) is 1. The summed E-state index contributed by atoms with van der Waals surface area (Å²) in [6.45, 7) is 0. The van der Waals surface area contributed by atoms with Crippen LogP contribution in [0.2, 0.25) is 0 Å². The van der Waals surface area contributed by atoms with Crippen molar-refractivity contribution in [3.63, 3.8) is 0 Å². The molecule has 0 aliphatic carbocycles. The van der Waals surface area contributed by atoms with E-state index in [1.165, 1.54) is 32.4 Å². The Labute approximate surface area is 176 Å². The fourth-order valence-corrected chi connectivity index (χ4v) is 3.38. The van der Waals surface area contributed by atoms with Crippen LogP contribution in [0.5, 0.6) is 11.5 Å². The zero-order valence-electron chi connectivity index (χ0n) is 16.6. The van der Waals surface area contributed by atoms with Gasteiger partial charge < -0.3 is 9.47 Å². The molecule has 1 fully saturated rings. The highest BCUT2D eigenvalue weighted by atomic mass is 19.1. The standard InChI is InChI=1S/C23H17FN2O5/c1-30-16-9-3-13-4-10-20(31-2)18(17(13)11-16)12-19-21(27)25-23(29)26(22(19)28)15-7-5-14(24)6-8-15/h3-12H,1-2H3,(H,25,27,29)/b19-12+. The summed E-state index contributed by atoms with van der Waals surface area (Å²) < 4.78 is 24.0. The van der Waals surface area contributed by atoms with Gasteiger partial charge in [-0.05, 0) is 59.3 Å². The Morgan fingerprint density at radius 3 is 2.32 bits per heavy atom. The molecule has 0 atom stereocenters. The highest BCUT2D eigenvalue weighted by Crippen LogP contribution is 2.33. The summed E-state index contributed by atoms with van der Waals surface area (Å²) in [7, 11) is 3.00. The quantitative estimate of drug-likeness (QED) is 0.514. The van der Waals surface area contributed by atoms with Crippen LogP contribution in [0, 0.1) is 5.82 Å². The summed E-state index contributed by atoms with van der Waals surface area (Å²) in [5.74, 6) is -1.17. The van der Waals surface area contributed by atoms with E-state index in [0.29, 0.717) is 22.4 Å². The van der Waals surface area contributed by atoms with E-state index >= 15 is 0 Å². The molecule has 3 aromatic carbocycles. The topological polar surface area (TPSA) is 84.9 Å². The molecular formula is C23H17FN2O5. The third-order valence-electron chi connectivity index (χ3n) is 4.93. The number of amides is 4. The van der Waals surface area contributed by atoms with Crippen molar-refractivity contribution >= 4 is 40.4 Å². The molecule has 0 unspecified atom stereocenters. The number of ether oxygens (including phenoxy) is 2. The molecule has 4 amide bonds. The van der Waals surface area contributed by atoms with Crippen molar-refractivity contribution < 1.29 is 28.2 Å². The van der Waals surface area contributed by atoms with Crippen LogP contribution in [-0.2, 0) is 9.59 Å². The third-order valence-corrected chi connectivity index (χ3v) is 4.93. The van der Waals surface area contributed by atoms with Crippen molar-refractivity contribution in [2.45, 2.75) is 0 Å². The maximum Gasteiger partial charge on any atom is 0.335 e. The smallest absolute Gasteiger partial charge is 0.335 e. The second-order valence-corrected chi connectivity index (χ2v) is 6.70. The zero-order chi connectivity index (χ0) is 22.1. The Kier molecular flexibility index (Phi) is 5.12. The van der Waals surface area contributed by atoms with Crippen molar-refractivity contribution in [1.82, 2.24) is 5.32 Å². The molecule has 7 nitrogen and oxygen atoms in total. The summed E-state index contributed by atoms with van der Waals surface area (Å²) in [5, 5.41) is 3.68. The Balaban J connectivity index is 1.88. The van der Waals surface area contributed by atoms with E-state index in [9.17, 15) is 18.8 Å². The van der Waals surface area contributed by atoms with Gasteiger partial charge >= 0.3 is 6.03 Å². The molecule has 31 heavy (non-hydrogen) atoms. The number of carbonyl (C=O) groups is 3. The predicted molar refractivity (Wildman–Crippen MR) is 112 cm³/mol. The van der Waals surface area contributed by atoms with Gasteiger partial charge in [-0.25, -0.2) is 14.1 Å². The van der Waals surface area contributed by atoms with Gasteiger partial charge in [0.15, 0.2) is 0 Å². The molecule has 0 aromatic heterocycles. The predicted octanol–water partition coefficient (Wildman–Crippen LogP) is 3.66. The summed E-state index contributed by atoms with van der Waals surface area (Å²) in [6.07, 6.45) is 1.38. The number of rotatable bonds is 4. The van der Waals surface area contributed by atoms with Gasteiger partial charge in [0.25, 0.3) is 11.8 Å². The SMILES string of the molecule is COc1ccc2ccc(OC)c(/C=C3\C(=O)NC(=O)N(c4ccc(F)cc4)C3=O)c2c1. The molecule has 156 valence electrons. The first kappa shape index (κ1) is 20.1. The minimum Gasteiger partial charge on any atom is -0.497 e. The van der Waals surface area contributed by atoms with Crippen LogP contribution in [0.4, 0.5) is 14.9 Å². The van der Waals surface area contributed by atoms with Crippen LogP contribution in [0.1, 0.15) is 5.56 Å². The molecule has 0 radical (unpaired) electrons. The minimum atomic E-state index is -0.912. The number of nitrogens with zero attached hydrogens (tertiary/aromatic N) is 1. The van der Waals surface area contributed by atoms with Crippen molar-refractivity contribution in [3.05, 3.63) is 71.6 Å². The molecule has 1 aliphatic heterocycles. The average molecular weight is 420 g/mol. The second kappa shape index (κ2) is 7.91. The maximum absolute atomic E-state index is 13.3. The zero-order valence-corrected chi connectivity index (χ0v) is 16.6. The van der Waals surface area contributed by atoms with E-state index in [4.69, 9.17) is 9.47 Å². The monoisotopic (exact) mass is 420 g/mol. The van der Waals surface area contributed by atoms with Gasteiger partial charge in [-0.1, -0.05) is 12.1 Å². The van der Waals surface area contributed by atoms with Gasteiger partial charge in [0.05, 0.1) is 19.9 Å². The second-order valence-electron chi connectivity index (χ2n) is 6.70. The van der Waals surface area contributed by atoms with Gasteiger partial charge in [-0.3, -0.25) is 14.9 Å². The fraction of sp³-hybridized carbons (Fsp3) is 0.0870. The molecule has 1 saturated heterocycles. The van der Waals surface area contributed by atoms with Gasteiger partial charge in [-0.15, -0.1) is 0 Å². The molecule has 8 heteroatoms. The summed E-state index contributed by atoms with van der Waals surface area (Å²) in [4.78, 5) is 38.8. The number of carbonyl (C=O) groups excluding carboxylic acids is 3. The van der Waals surface area contributed by atoms with E-state index in [1.807, 2.05) is 12.1 Å². The number of imide groups is 2. The summed E-state index contributed by atoms with van der Waals surface area (Å²) in [6, 6.07) is 12.8. The van der Waals surface area contributed by atoms with Crippen LogP contribution in [0.25, 0.3) is 16.8 Å². The largest absolute Gasteiger partial charge is 0.497 e. The Morgan fingerprint density at radius 2 is 1.65 bits per heavy atom. The lowest BCUT2D eigenvalue weighted by Crippen LogP contribution is -2.54. The molecular weight excluding hydrogens is 403 g/mol. The number of methoxy groups -OCH3 is 2. The first-order valence-corrected chi connectivity index (χ1v) is 9.24. The van der Waals surface area contributed by atoms with E-state index < -0.39 is 23.7 Å². The molecule has 1 aliphatic rings. The number of fused-ring (bicyclic) bond motifs is 1. The Hall–Kier alpha value is -4.20. The summed E-state index contributed by atoms with van der Waals surface area (Å²) >= 11 is 0. The lowest BCUT2D eigenvalue weighted by Gasteiger charge is -2.26. The van der Waals surface area contributed by atoms with Crippen molar-refractivity contribution in [3.8, 4) is 11.5 Å². The van der Waals surface area contributed by atoms with Gasteiger partial charge in [0.2, 0.25) is 0 Å². The van der Waals surface area contributed by atoms with Crippen LogP contribution in [0.3, 0.4) is 0 Å². The van der Waals surface area contributed by atoms with Gasteiger partial charge in [0.1, 0.15) is 22.9 Å². The molecule has 3 aromatic rings. The normalized spacial score (nSPS) is 15.4. The molecule has 0 bridgehead atoms. The number of hydrogen-bond donors (Lipinski definition) is 1. The number of halogens is 1. The minimum absolute atomic E-state index is 0.133. The van der Waals surface area contributed by atoms with Gasteiger partial charge in [0, 0.05) is 5.56 Å².